The predicted octanol–water partition coefficient (Wildman–Crippen LogP) is 10.1. The van der Waals surface area contributed by atoms with E-state index < -0.39 is 0 Å². The van der Waals surface area contributed by atoms with Crippen LogP contribution in [0.15, 0.2) is 67.0 Å². The number of aromatic nitrogens is 2. The van der Waals surface area contributed by atoms with Crippen LogP contribution in [0.2, 0.25) is 0 Å². The number of carbonyl (C=O) groups excluding carboxylic acids is 3. The highest BCUT2D eigenvalue weighted by atomic mass is 31.0. The lowest BCUT2D eigenvalue weighted by atomic mass is 9.80. The number of likely N-dealkylation sites (N-methyl/N-ethyl adjacent to an activating group) is 1. The lowest BCUT2D eigenvalue weighted by Crippen LogP contribution is -2.50. The Bertz CT molecular complexity index is 2310. The number of phenols is 1. The fourth-order valence-electron chi connectivity index (χ4n) is 10.9. The molecule has 1 aliphatic carbocycles. The first kappa shape index (κ1) is 54.6. The van der Waals surface area contributed by atoms with Gasteiger partial charge < -0.3 is 43.5 Å². The number of nitrogens with one attached hydrogen (secondary N) is 1. The van der Waals surface area contributed by atoms with Gasteiger partial charge in [-0.2, -0.15) is 0 Å². The largest absolute Gasteiger partial charge is 0.508 e. The number of aldehydes is 3. The number of phenolic OH excluding ortho intramolecular Hbond substituents is 1. The van der Waals surface area contributed by atoms with E-state index in [0.29, 0.717) is 24.8 Å². The summed E-state index contributed by atoms with van der Waals surface area (Å²) in [6, 6.07) is 16.3. The third-order valence-corrected chi connectivity index (χ3v) is 14.4. The van der Waals surface area contributed by atoms with Gasteiger partial charge in [0.05, 0.1) is 58.3 Å². The molecule has 5 unspecified atom stereocenters. The number of aromatic hydroxyl groups is 1. The van der Waals surface area contributed by atoms with Crippen molar-refractivity contribution >= 4 is 39.2 Å². The molecule has 0 radical (unpaired) electrons. The number of nitrogens with zero attached hydrogens (tertiary/aromatic N) is 4. The summed E-state index contributed by atoms with van der Waals surface area (Å²) in [6.45, 7) is 19.2. The van der Waals surface area contributed by atoms with Crippen LogP contribution in [0.25, 0.3) is 33.3 Å². The van der Waals surface area contributed by atoms with Crippen LogP contribution in [0.1, 0.15) is 129 Å². The number of hydrazine groups is 1. The number of nitrogens with two attached hydrogens (primary N) is 1. The van der Waals surface area contributed by atoms with Crippen LogP contribution in [-0.2, 0) is 43.2 Å². The molecule has 1 spiro atoms. The summed E-state index contributed by atoms with van der Waals surface area (Å²) in [5, 5.41) is 14.0. The van der Waals surface area contributed by atoms with Gasteiger partial charge in [-0.05, 0) is 136 Å². The lowest BCUT2D eigenvalue weighted by molar-refractivity contribution is -0.783. The first-order valence-electron chi connectivity index (χ1n) is 24.9. The zero-order chi connectivity index (χ0) is 49.8. The molecule has 4 aromatic rings. The van der Waals surface area contributed by atoms with Crippen molar-refractivity contribution in [2.24, 2.45) is 17.1 Å². The Hall–Kier alpha value is -4.29. The minimum Gasteiger partial charge on any atom is -0.508 e. The topological polar surface area (TPSA) is 149 Å². The SMILES string of the molecule is C=C(N)C(C(C)C)[N+](C)(C)P.CCn1c(-c2cccnc2C(C)OC)c(CC(C)(C)CCC=O)c2cc(-c3cc(O)cc(CC(C=O)N4CCCCN4)c3)ccc21.O=CC1CCC2(CCCC2)O1. The van der Waals surface area contributed by atoms with Crippen molar-refractivity contribution in [1.82, 2.24) is 20.0 Å². The maximum atomic E-state index is 12.1. The number of hydrogen-bond donors (Lipinski definition) is 3. The smallest absolute Gasteiger partial charge is 0.148 e. The van der Waals surface area contributed by atoms with Gasteiger partial charge in [-0.1, -0.05) is 59.2 Å². The molecule has 0 amide bonds. The van der Waals surface area contributed by atoms with E-state index >= 15 is 0 Å². The fraction of sp³-hybridized carbons (Fsp3) is 0.564. The van der Waals surface area contributed by atoms with Gasteiger partial charge in [0.25, 0.3) is 0 Å². The molecule has 4 heterocycles. The summed E-state index contributed by atoms with van der Waals surface area (Å²) in [6.07, 6.45) is 16.2. The number of ether oxygens (including phenoxy) is 2. The van der Waals surface area contributed by atoms with Crippen molar-refractivity contribution in [3.05, 3.63) is 83.8 Å². The summed E-state index contributed by atoms with van der Waals surface area (Å²) in [4.78, 5) is 38.7. The van der Waals surface area contributed by atoms with Crippen LogP contribution in [-0.4, -0.2) is 101 Å². The van der Waals surface area contributed by atoms with E-state index in [-0.39, 0.29) is 35.0 Å². The van der Waals surface area contributed by atoms with Gasteiger partial charge in [0, 0.05) is 61.7 Å². The van der Waals surface area contributed by atoms with Gasteiger partial charge in [0.1, 0.15) is 36.8 Å². The molecule has 68 heavy (non-hydrogen) atoms. The van der Waals surface area contributed by atoms with E-state index in [1.165, 1.54) is 31.2 Å². The number of pyridine rings is 1. The van der Waals surface area contributed by atoms with E-state index in [0.717, 1.165) is 132 Å². The van der Waals surface area contributed by atoms with Gasteiger partial charge >= 0.3 is 0 Å². The van der Waals surface area contributed by atoms with Gasteiger partial charge in [-0.25, -0.2) is 5.01 Å². The minimum absolute atomic E-state index is 0.0897. The molecule has 2 aromatic carbocycles. The third-order valence-electron chi connectivity index (χ3n) is 14.0. The summed E-state index contributed by atoms with van der Waals surface area (Å²) in [7, 11) is 8.68. The molecule has 0 bridgehead atoms. The molecule has 5 atom stereocenters. The molecular weight excluding hydrogens is 872 g/mol. The number of quaternary nitrogens is 1. The highest BCUT2D eigenvalue weighted by Gasteiger charge is 2.42. The van der Waals surface area contributed by atoms with Crippen LogP contribution in [0.4, 0.5) is 0 Å². The Morgan fingerprint density at radius 1 is 1.07 bits per heavy atom. The van der Waals surface area contributed by atoms with Gasteiger partial charge in [0.15, 0.2) is 0 Å². The Kier molecular flexibility index (Phi) is 19.7. The zero-order valence-electron chi connectivity index (χ0n) is 42.6. The molecule has 372 valence electrons. The highest BCUT2D eigenvalue weighted by molar-refractivity contribution is 7.08. The molecule has 4 N–H and O–H groups in total. The molecule has 3 fully saturated rings. The number of carbonyl (C=O) groups is 3. The van der Waals surface area contributed by atoms with Crippen LogP contribution < -0.4 is 11.2 Å². The van der Waals surface area contributed by atoms with E-state index in [9.17, 15) is 19.5 Å². The monoisotopic (exact) mass is 954 g/mol. The second-order valence-electron chi connectivity index (χ2n) is 20.9. The summed E-state index contributed by atoms with van der Waals surface area (Å²) in [5.74, 6) is 0.708. The zero-order valence-corrected chi connectivity index (χ0v) is 43.7. The van der Waals surface area contributed by atoms with Crippen molar-refractivity contribution in [2.75, 3.05) is 34.3 Å². The molecule has 1 saturated carbocycles. The third kappa shape index (κ3) is 13.9. The number of rotatable bonds is 18. The normalized spacial score (nSPS) is 18.6. The van der Waals surface area contributed by atoms with Crippen molar-refractivity contribution < 1.29 is 33.2 Å². The Labute approximate surface area is 409 Å². The number of fused-ring (bicyclic) bond motifs is 1. The van der Waals surface area contributed by atoms with E-state index in [2.05, 4.69) is 105 Å². The van der Waals surface area contributed by atoms with E-state index in [1.807, 2.05) is 24.2 Å². The van der Waals surface area contributed by atoms with Crippen LogP contribution in [0, 0.1) is 11.3 Å². The molecule has 2 saturated heterocycles. The Morgan fingerprint density at radius 2 is 1.81 bits per heavy atom. The number of aryl methyl sites for hydroxylation is 1. The molecular formula is C55H82N6O6P+. The standard InChI is InChI=1S/C38H48N4O4.C9H14O2.C8H20N2P/c1-6-41-35-13-12-28(29-19-27(21-31(45)22-29)20-30(25-44)42-17-8-7-16-40-42)23-33(35)34(24-38(3,4)14-10-18-43)37(41)32-11-9-15-39-36(32)26(2)46-5;10-7-8-3-6-9(11-8)4-1-2-5-9;1-6(2)8(7(3)9)10(4,5)11/h9,11-13,15,18-19,21-23,25-26,30,40,45H,6-8,10,14,16-17,20,24H2,1-5H3;7-8H,1-6H2;6,8H,3,9,11H2,1-2,4-5H3/q;;+1. The maximum Gasteiger partial charge on any atom is 0.148 e. The molecule has 2 aliphatic heterocycles. The summed E-state index contributed by atoms with van der Waals surface area (Å²) >= 11 is 0. The van der Waals surface area contributed by atoms with Crippen molar-refractivity contribution in [1.29, 1.82) is 0 Å². The first-order chi connectivity index (χ1) is 32.3. The van der Waals surface area contributed by atoms with Crippen LogP contribution >= 0.6 is 9.39 Å². The van der Waals surface area contributed by atoms with Crippen LogP contribution in [0.3, 0.4) is 0 Å². The summed E-state index contributed by atoms with van der Waals surface area (Å²) < 4.78 is 14.6. The average Bonchev–Trinajstić information content (AvgIpc) is 4.03. The maximum absolute atomic E-state index is 12.1. The number of benzene rings is 2. The summed E-state index contributed by atoms with van der Waals surface area (Å²) in [5.41, 5.74) is 18.0. The van der Waals surface area contributed by atoms with E-state index in [4.69, 9.17) is 20.2 Å². The second kappa shape index (κ2) is 24.5. The van der Waals surface area contributed by atoms with Gasteiger partial charge in [-0.15, -0.1) is 0 Å². The fourth-order valence-corrected chi connectivity index (χ4v) is 11.4. The van der Waals surface area contributed by atoms with Gasteiger partial charge in [-0.3, -0.25) is 10.4 Å². The molecule has 2 aromatic heterocycles. The minimum atomic E-state index is -0.304. The highest BCUT2D eigenvalue weighted by Crippen LogP contribution is 2.44. The van der Waals surface area contributed by atoms with Crippen molar-refractivity contribution in [3.63, 3.8) is 0 Å². The molecule has 3 aliphatic rings. The average molecular weight is 954 g/mol. The molecule has 13 heteroatoms. The molecule has 7 rings (SSSR count). The van der Waals surface area contributed by atoms with E-state index in [1.54, 1.807) is 19.2 Å². The second-order valence-corrected chi connectivity index (χ2v) is 22.2. The quantitative estimate of drug-likeness (QED) is 0.0650. The predicted molar refractivity (Wildman–Crippen MR) is 279 cm³/mol. The number of methoxy groups -OCH3 is 1. The lowest BCUT2D eigenvalue weighted by Gasteiger charge is -2.36. The van der Waals surface area contributed by atoms with Gasteiger partial charge in [0.2, 0.25) is 0 Å². The van der Waals surface area contributed by atoms with Crippen molar-refractivity contribution in [2.45, 2.75) is 155 Å². The first-order valence-corrected chi connectivity index (χ1v) is 25.4. The molecule has 12 nitrogen and oxygen atoms in total. The Balaban J connectivity index is 0.000000319. The van der Waals surface area contributed by atoms with Crippen molar-refractivity contribution in [3.8, 4) is 28.1 Å². The Morgan fingerprint density at radius 3 is 2.37 bits per heavy atom. The number of hydrogen-bond acceptors (Lipinski definition) is 10. The van der Waals surface area contributed by atoms with Crippen LogP contribution in [0.5, 0.6) is 5.75 Å².